The molecule has 3 rings (SSSR count). The summed E-state index contributed by atoms with van der Waals surface area (Å²) < 4.78 is 21.8. The van der Waals surface area contributed by atoms with Gasteiger partial charge >= 0.3 is 0 Å². The Hall–Kier alpha value is -3.53. The van der Waals surface area contributed by atoms with Crippen LogP contribution in [0.3, 0.4) is 0 Å². The van der Waals surface area contributed by atoms with Crippen molar-refractivity contribution in [1.82, 2.24) is 20.5 Å². The number of fused-ring (bicyclic) bond motifs is 1. The molecule has 2 heterocycles. The molecule has 0 unspecified atom stereocenters. The van der Waals surface area contributed by atoms with Gasteiger partial charge in [0, 0.05) is 38.0 Å². The number of ether oxygens (including phenoxy) is 4. The van der Waals surface area contributed by atoms with Crippen LogP contribution in [0, 0.1) is 0 Å². The Balaban J connectivity index is 1.73. The topological polar surface area (TPSA) is 111 Å². The molecule has 10 nitrogen and oxygen atoms in total. The molecule has 0 atom stereocenters. The largest absolute Gasteiger partial charge is 0.497 e. The number of nitrogens with zero attached hydrogens (tertiary/aromatic N) is 2. The second-order valence-corrected chi connectivity index (χ2v) is 7.37. The van der Waals surface area contributed by atoms with Gasteiger partial charge in [-0.2, -0.15) is 0 Å². The van der Waals surface area contributed by atoms with Crippen LogP contribution in [0.15, 0.2) is 30.5 Å². The zero-order valence-electron chi connectivity index (χ0n) is 19.2. The number of amides is 2. The van der Waals surface area contributed by atoms with Crippen LogP contribution in [-0.4, -0.2) is 75.8 Å². The zero-order chi connectivity index (χ0) is 23.6. The van der Waals surface area contributed by atoms with Crippen LogP contribution < -0.4 is 29.6 Å². The summed E-state index contributed by atoms with van der Waals surface area (Å²) in [5.41, 5.74) is 1.09. The zero-order valence-corrected chi connectivity index (χ0v) is 19.2. The van der Waals surface area contributed by atoms with Crippen molar-refractivity contribution in [2.24, 2.45) is 0 Å². The predicted octanol–water partition coefficient (Wildman–Crippen LogP) is 1.24. The Labute approximate surface area is 193 Å². The van der Waals surface area contributed by atoms with Crippen molar-refractivity contribution in [3.8, 4) is 23.0 Å². The molecule has 0 saturated carbocycles. The number of hydrogen-bond acceptors (Lipinski definition) is 8. The summed E-state index contributed by atoms with van der Waals surface area (Å²) in [6.45, 7) is 2.07. The van der Waals surface area contributed by atoms with Crippen LogP contribution in [0.5, 0.6) is 23.0 Å². The monoisotopic (exact) mass is 458 g/mol. The average Bonchev–Trinajstić information content (AvgIpc) is 2.83. The van der Waals surface area contributed by atoms with Crippen molar-refractivity contribution in [3.63, 3.8) is 0 Å². The predicted molar refractivity (Wildman–Crippen MR) is 121 cm³/mol. The number of aromatic nitrogens is 1. The first-order valence-corrected chi connectivity index (χ1v) is 10.7. The summed E-state index contributed by atoms with van der Waals surface area (Å²) >= 11 is 0. The maximum absolute atomic E-state index is 12.7. The third-order valence-electron chi connectivity index (χ3n) is 5.16. The molecule has 0 spiro atoms. The van der Waals surface area contributed by atoms with Gasteiger partial charge in [0.25, 0.3) is 5.91 Å². The average molecular weight is 459 g/mol. The van der Waals surface area contributed by atoms with E-state index in [0.717, 1.165) is 0 Å². The Bertz CT molecular complexity index is 968. The molecule has 2 amide bonds. The van der Waals surface area contributed by atoms with Crippen molar-refractivity contribution < 1.29 is 28.5 Å². The van der Waals surface area contributed by atoms with E-state index in [4.69, 9.17) is 18.9 Å². The van der Waals surface area contributed by atoms with Crippen LogP contribution in [0.4, 0.5) is 0 Å². The van der Waals surface area contributed by atoms with Gasteiger partial charge in [-0.05, 0) is 18.6 Å². The van der Waals surface area contributed by atoms with Crippen molar-refractivity contribution in [2.45, 2.75) is 13.0 Å². The van der Waals surface area contributed by atoms with Crippen LogP contribution in [0.1, 0.15) is 22.5 Å². The van der Waals surface area contributed by atoms with Gasteiger partial charge in [-0.15, -0.1) is 0 Å². The van der Waals surface area contributed by atoms with E-state index in [2.05, 4.69) is 15.6 Å². The maximum atomic E-state index is 12.7. The second-order valence-electron chi connectivity index (χ2n) is 7.37. The molecule has 1 aromatic heterocycles. The van der Waals surface area contributed by atoms with Gasteiger partial charge in [-0.1, -0.05) is 0 Å². The number of rotatable bonds is 5. The molecule has 2 N–H and O–H groups in total. The van der Waals surface area contributed by atoms with Gasteiger partial charge in [0.2, 0.25) is 5.91 Å². The summed E-state index contributed by atoms with van der Waals surface area (Å²) in [7, 11) is 4.67. The molecule has 0 bridgehead atoms. The second kappa shape index (κ2) is 11.9. The lowest BCUT2D eigenvalue weighted by atomic mass is 10.1. The molecule has 1 aromatic carbocycles. The minimum absolute atomic E-state index is 0.132. The molecule has 10 heteroatoms. The molecule has 178 valence electrons. The molecule has 0 saturated heterocycles. The van der Waals surface area contributed by atoms with E-state index in [9.17, 15) is 9.59 Å². The van der Waals surface area contributed by atoms with Crippen LogP contribution in [0.25, 0.3) is 0 Å². The van der Waals surface area contributed by atoms with Crippen molar-refractivity contribution >= 4 is 11.8 Å². The number of hydrogen-bond donors (Lipinski definition) is 2. The van der Waals surface area contributed by atoms with Crippen LogP contribution in [-0.2, 0) is 11.3 Å². The van der Waals surface area contributed by atoms with Crippen LogP contribution in [0.2, 0.25) is 0 Å². The molecular formula is C23H30N4O6. The van der Waals surface area contributed by atoms with Gasteiger partial charge < -0.3 is 29.6 Å². The van der Waals surface area contributed by atoms with E-state index in [1.807, 2.05) is 4.90 Å². The van der Waals surface area contributed by atoms with E-state index >= 15 is 0 Å². The van der Waals surface area contributed by atoms with E-state index in [0.29, 0.717) is 66.9 Å². The Morgan fingerprint density at radius 3 is 2.67 bits per heavy atom. The number of nitrogens with one attached hydrogen (secondary N) is 2. The first kappa shape index (κ1) is 24.1. The van der Waals surface area contributed by atoms with E-state index in [1.165, 1.54) is 0 Å². The highest BCUT2D eigenvalue weighted by molar-refractivity contribution is 5.97. The number of carbonyl (C=O) groups excluding carboxylic acids is 2. The van der Waals surface area contributed by atoms with Gasteiger partial charge in [0.05, 0.1) is 40.0 Å². The van der Waals surface area contributed by atoms with Gasteiger partial charge in [-0.3, -0.25) is 19.5 Å². The quantitative estimate of drug-likeness (QED) is 0.689. The lowest BCUT2D eigenvalue weighted by Gasteiger charge is -2.23. The maximum Gasteiger partial charge on any atom is 0.255 e. The number of pyridine rings is 1. The molecular weight excluding hydrogens is 428 g/mol. The highest BCUT2D eigenvalue weighted by atomic mass is 16.5. The molecule has 2 aromatic rings. The minimum atomic E-state index is -0.226. The lowest BCUT2D eigenvalue weighted by molar-refractivity contribution is -0.122. The van der Waals surface area contributed by atoms with Crippen molar-refractivity contribution in [1.29, 1.82) is 0 Å². The number of methoxy groups -OCH3 is 3. The standard InChI is InChI=1S/C23H30N4O6/c1-30-16-5-6-17-20(13-16)33-12-10-25-21(28)15-27(11-4-8-26-23(17)29)14-18-22(32-3)19(31-2)7-9-24-18/h5-7,9,13H,4,8,10-12,14-15H2,1-3H3,(H,25,28)(H,26,29). The fraction of sp³-hybridized carbons (Fsp3) is 0.435. The third-order valence-corrected chi connectivity index (χ3v) is 5.16. The smallest absolute Gasteiger partial charge is 0.255 e. The highest BCUT2D eigenvalue weighted by Crippen LogP contribution is 2.30. The van der Waals surface area contributed by atoms with Gasteiger partial charge in [0.1, 0.15) is 23.8 Å². The molecule has 0 radical (unpaired) electrons. The Morgan fingerprint density at radius 2 is 1.91 bits per heavy atom. The van der Waals surface area contributed by atoms with Crippen LogP contribution >= 0.6 is 0 Å². The summed E-state index contributed by atoms with van der Waals surface area (Å²) in [6.07, 6.45) is 2.28. The first-order chi connectivity index (χ1) is 16.0. The molecule has 1 aliphatic rings. The fourth-order valence-corrected chi connectivity index (χ4v) is 3.54. The summed E-state index contributed by atoms with van der Waals surface area (Å²) in [4.78, 5) is 31.6. The Morgan fingerprint density at radius 1 is 1.06 bits per heavy atom. The van der Waals surface area contributed by atoms with Gasteiger partial charge in [-0.25, -0.2) is 0 Å². The molecule has 0 aliphatic carbocycles. The van der Waals surface area contributed by atoms with Crippen molar-refractivity contribution in [3.05, 3.63) is 41.7 Å². The lowest BCUT2D eigenvalue weighted by Crippen LogP contribution is -2.40. The molecule has 33 heavy (non-hydrogen) atoms. The minimum Gasteiger partial charge on any atom is -0.497 e. The molecule has 0 fully saturated rings. The Kier molecular flexibility index (Phi) is 8.71. The number of benzene rings is 1. The summed E-state index contributed by atoms with van der Waals surface area (Å²) in [5, 5.41) is 5.78. The SMILES string of the molecule is COc1ccc2c(c1)OCCNC(=O)CN(Cc1nccc(OC)c1OC)CCCNC2=O. The summed E-state index contributed by atoms with van der Waals surface area (Å²) in [5.74, 6) is 1.76. The fourth-order valence-electron chi connectivity index (χ4n) is 3.54. The summed E-state index contributed by atoms with van der Waals surface area (Å²) in [6, 6.07) is 6.77. The molecule has 1 aliphatic heterocycles. The first-order valence-electron chi connectivity index (χ1n) is 10.7. The van der Waals surface area contributed by atoms with E-state index < -0.39 is 0 Å². The van der Waals surface area contributed by atoms with E-state index in [1.54, 1.807) is 51.8 Å². The normalized spacial score (nSPS) is 15.8. The van der Waals surface area contributed by atoms with E-state index in [-0.39, 0.29) is 25.0 Å². The third kappa shape index (κ3) is 6.48. The van der Waals surface area contributed by atoms with Gasteiger partial charge in [0.15, 0.2) is 11.5 Å². The van der Waals surface area contributed by atoms with Crippen molar-refractivity contribution in [2.75, 3.05) is 54.1 Å². The highest BCUT2D eigenvalue weighted by Gasteiger charge is 2.19. The number of carbonyl (C=O) groups is 2.